The maximum Gasteiger partial charge on any atom is 0.230 e. The van der Waals surface area contributed by atoms with Crippen LogP contribution in [-0.4, -0.2) is 26.3 Å². The van der Waals surface area contributed by atoms with E-state index in [0.717, 1.165) is 27.7 Å². The molecule has 1 amide bonds. The van der Waals surface area contributed by atoms with Crippen LogP contribution in [0.25, 0.3) is 16.6 Å². The summed E-state index contributed by atoms with van der Waals surface area (Å²) >= 11 is 7.25. The van der Waals surface area contributed by atoms with Crippen LogP contribution >= 0.6 is 23.4 Å². The third kappa shape index (κ3) is 3.77. The van der Waals surface area contributed by atoms with Gasteiger partial charge in [-0.25, -0.2) is 0 Å². The van der Waals surface area contributed by atoms with Crippen molar-refractivity contribution in [3.05, 3.63) is 70.7 Å². The van der Waals surface area contributed by atoms with E-state index in [1.807, 2.05) is 52.9 Å². The second-order valence-corrected chi connectivity index (χ2v) is 7.59. The fraction of sp³-hybridized carbons (Fsp3) is 0.150. The molecule has 0 unspecified atom stereocenters. The zero-order chi connectivity index (χ0) is 18.8. The van der Waals surface area contributed by atoms with Crippen molar-refractivity contribution in [2.45, 2.75) is 18.6 Å². The van der Waals surface area contributed by atoms with Crippen LogP contribution < -0.4 is 5.32 Å². The monoisotopic (exact) mass is 396 g/mol. The number of carbonyl (C=O) groups excluding carboxylic acids is 1. The number of para-hydroxylation sites is 1. The highest BCUT2D eigenvalue weighted by Gasteiger charge is 2.13. The topological polar surface area (TPSA) is 59.3 Å². The van der Waals surface area contributed by atoms with Gasteiger partial charge in [0.15, 0.2) is 10.8 Å². The van der Waals surface area contributed by atoms with Gasteiger partial charge in [-0.15, -0.1) is 10.2 Å². The number of pyridine rings is 1. The van der Waals surface area contributed by atoms with E-state index in [1.54, 1.807) is 0 Å². The molecule has 4 aromatic rings. The lowest BCUT2D eigenvalue weighted by molar-refractivity contribution is -0.118. The Labute approximate surface area is 165 Å². The van der Waals surface area contributed by atoms with Crippen molar-refractivity contribution in [3.8, 4) is 0 Å². The average Bonchev–Trinajstić information content (AvgIpc) is 3.09. The molecule has 0 aliphatic heterocycles. The summed E-state index contributed by atoms with van der Waals surface area (Å²) in [5, 5.41) is 14.0. The molecule has 27 heavy (non-hydrogen) atoms. The maximum absolute atomic E-state index is 12.2. The molecule has 2 aromatic carbocycles. The molecule has 5 nitrogen and oxygen atoms in total. The van der Waals surface area contributed by atoms with E-state index in [2.05, 4.69) is 28.5 Å². The van der Waals surface area contributed by atoms with Gasteiger partial charge in [0.2, 0.25) is 5.91 Å². The van der Waals surface area contributed by atoms with E-state index >= 15 is 0 Å². The lowest BCUT2D eigenvalue weighted by Gasteiger charge is -2.08. The Balaban J connectivity index is 1.48. The zero-order valence-corrected chi connectivity index (χ0v) is 16.2. The number of fused-ring (bicyclic) bond motifs is 3. The Morgan fingerprint density at radius 2 is 1.93 bits per heavy atom. The molecular weight excluding hydrogens is 380 g/mol. The van der Waals surface area contributed by atoms with Gasteiger partial charge in [-0.1, -0.05) is 53.7 Å². The Kier molecular flexibility index (Phi) is 5.01. The molecule has 4 rings (SSSR count). The minimum atomic E-state index is -0.0527. The molecule has 136 valence electrons. The van der Waals surface area contributed by atoms with E-state index in [9.17, 15) is 4.79 Å². The molecule has 0 bridgehead atoms. The van der Waals surface area contributed by atoms with Gasteiger partial charge in [-0.05, 0) is 42.3 Å². The van der Waals surface area contributed by atoms with Crippen molar-refractivity contribution in [3.63, 3.8) is 0 Å². The molecule has 0 saturated heterocycles. The number of hydrogen-bond acceptors (Lipinski definition) is 4. The summed E-state index contributed by atoms with van der Waals surface area (Å²) in [6.07, 6.45) is 0. The minimum Gasteiger partial charge on any atom is -0.351 e. The quantitative estimate of drug-likeness (QED) is 0.512. The number of halogens is 1. The Hall–Kier alpha value is -2.57. The number of nitrogens with one attached hydrogen (secondary N) is 1. The van der Waals surface area contributed by atoms with Gasteiger partial charge in [0.1, 0.15) is 0 Å². The number of aromatic nitrogens is 3. The molecule has 7 heteroatoms. The lowest BCUT2D eigenvalue weighted by atomic mass is 10.1. The second-order valence-electron chi connectivity index (χ2n) is 6.21. The van der Waals surface area contributed by atoms with Crippen LogP contribution in [0, 0.1) is 6.92 Å². The van der Waals surface area contributed by atoms with Crippen LogP contribution in [0.1, 0.15) is 11.1 Å². The van der Waals surface area contributed by atoms with Gasteiger partial charge in [0.25, 0.3) is 0 Å². The summed E-state index contributed by atoms with van der Waals surface area (Å²) in [6.45, 7) is 2.54. The smallest absolute Gasteiger partial charge is 0.230 e. The van der Waals surface area contributed by atoms with Crippen molar-refractivity contribution in [2.24, 2.45) is 0 Å². The van der Waals surface area contributed by atoms with Crippen molar-refractivity contribution >= 4 is 45.8 Å². The zero-order valence-electron chi connectivity index (χ0n) is 14.6. The van der Waals surface area contributed by atoms with E-state index < -0.39 is 0 Å². The molecule has 0 aliphatic rings. The Morgan fingerprint density at radius 1 is 1.15 bits per heavy atom. The van der Waals surface area contributed by atoms with E-state index in [4.69, 9.17) is 11.6 Å². The molecule has 0 fully saturated rings. The van der Waals surface area contributed by atoms with Gasteiger partial charge < -0.3 is 5.32 Å². The van der Waals surface area contributed by atoms with Crippen molar-refractivity contribution in [2.75, 3.05) is 5.75 Å². The largest absolute Gasteiger partial charge is 0.351 e. The first-order valence-corrected chi connectivity index (χ1v) is 9.85. The highest BCUT2D eigenvalue weighted by atomic mass is 35.5. The average molecular weight is 397 g/mol. The van der Waals surface area contributed by atoms with E-state index in [-0.39, 0.29) is 11.7 Å². The van der Waals surface area contributed by atoms with Gasteiger partial charge in [-0.3, -0.25) is 9.20 Å². The molecule has 1 N–H and O–H groups in total. The Morgan fingerprint density at radius 3 is 2.74 bits per heavy atom. The molecule has 0 saturated carbocycles. The van der Waals surface area contributed by atoms with Gasteiger partial charge in [0.05, 0.1) is 11.3 Å². The minimum absolute atomic E-state index is 0.0527. The number of hydrogen-bond donors (Lipinski definition) is 1. The van der Waals surface area contributed by atoms with E-state index in [1.165, 1.54) is 11.8 Å². The molecule has 0 spiro atoms. The van der Waals surface area contributed by atoms with Gasteiger partial charge in [-0.2, -0.15) is 0 Å². The highest BCUT2D eigenvalue weighted by molar-refractivity contribution is 7.99. The number of nitrogens with zero attached hydrogens (tertiary/aromatic N) is 3. The van der Waals surface area contributed by atoms with E-state index in [0.29, 0.717) is 16.7 Å². The third-order valence-corrected chi connectivity index (χ3v) is 5.49. The summed E-state index contributed by atoms with van der Waals surface area (Å²) in [7, 11) is 0. The summed E-state index contributed by atoms with van der Waals surface area (Å²) < 4.78 is 2.00. The molecule has 0 radical (unpaired) electrons. The van der Waals surface area contributed by atoms with Crippen LogP contribution in [-0.2, 0) is 11.3 Å². The SMILES string of the molecule is Cc1cc2nnc(SCC(=O)NCc3ccc(Cl)cc3)n2c2ccccc12. The summed E-state index contributed by atoms with van der Waals surface area (Å²) in [5.41, 5.74) is 3.99. The van der Waals surface area contributed by atoms with Crippen LogP contribution in [0.5, 0.6) is 0 Å². The molecule has 2 heterocycles. The first-order valence-electron chi connectivity index (χ1n) is 8.49. The van der Waals surface area contributed by atoms with Crippen molar-refractivity contribution in [1.29, 1.82) is 0 Å². The van der Waals surface area contributed by atoms with Crippen LogP contribution in [0.3, 0.4) is 0 Å². The van der Waals surface area contributed by atoms with Gasteiger partial charge >= 0.3 is 0 Å². The molecule has 0 aliphatic carbocycles. The second kappa shape index (κ2) is 7.58. The number of benzene rings is 2. The maximum atomic E-state index is 12.2. The fourth-order valence-electron chi connectivity index (χ4n) is 2.95. The lowest BCUT2D eigenvalue weighted by Crippen LogP contribution is -2.24. The number of rotatable bonds is 5. The number of carbonyl (C=O) groups is 1. The third-order valence-electron chi connectivity index (χ3n) is 4.31. The summed E-state index contributed by atoms with van der Waals surface area (Å²) in [4.78, 5) is 12.2. The Bertz CT molecular complexity index is 1120. The predicted molar refractivity (Wildman–Crippen MR) is 109 cm³/mol. The van der Waals surface area contributed by atoms with Crippen LogP contribution in [0.4, 0.5) is 0 Å². The first-order chi connectivity index (χ1) is 13.1. The van der Waals surface area contributed by atoms with Gasteiger partial charge in [0, 0.05) is 17.0 Å². The molecule has 2 aromatic heterocycles. The molecule has 0 atom stereocenters. The van der Waals surface area contributed by atoms with Crippen molar-refractivity contribution < 1.29 is 4.79 Å². The molecular formula is C20H17ClN4OS. The number of thioether (sulfide) groups is 1. The van der Waals surface area contributed by atoms with Crippen LogP contribution in [0.2, 0.25) is 5.02 Å². The normalized spacial score (nSPS) is 11.2. The standard InChI is InChI=1S/C20H17ClN4OS/c1-13-10-18-23-24-20(25(18)17-5-3-2-4-16(13)17)27-12-19(26)22-11-14-6-8-15(21)9-7-14/h2-10H,11-12H2,1H3,(H,22,26). The first kappa shape index (κ1) is 17.8. The summed E-state index contributed by atoms with van der Waals surface area (Å²) in [5.74, 6) is 0.222. The number of amides is 1. The summed E-state index contributed by atoms with van der Waals surface area (Å²) in [6, 6.07) is 17.6. The van der Waals surface area contributed by atoms with Crippen molar-refractivity contribution in [1.82, 2.24) is 19.9 Å². The predicted octanol–water partition coefficient (Wildman–Crippen LogP) is 4.25. The highest BCUT2D eigenvalue weighted by Crippen LogP contribution is 2.25. The van der Waals surface area contributed by atoms with Crippen LogP contribution in [0.15, 0.2) is 59.8 Å². The number of aryl methyl sites for hydroxylation is 1. The fourth-order valence-corrected chi connectivity index (χ4v) is 3.86.